The van der Waals surface area contributed by atoms with Gasteiger partial charge in [-0.2, -0.15) is 0 Å². The van der Waals surface area contributed by atoms with Crippen molar-refractivity contribution in [3.8, 4) is 0 Å². The summed E-state index contributed by atoms with van der Waals surface area (Å²) in [6.45, 7) is 0.235. The molecule has 0 radical (unpaired) electrons. The fourth-order valence-electron chi connectivity index (χ4n) is 0.690. The minimum Gasteiger partial charge on any atom is -0.274 e. The lowest BCUT2D eigenvalue weighted by Crippen LogP contribution is -1.84. The van der Waals surface area contributed by atoms with Gasteiger partial charge in [-0.3, -0.25) is 4.29 Å². The highest BCUT2D eigenvalue weighted by atomic mass is 35.5. The number of halogens is 2. The lowest BCUT2D eigenvalue weighted by Gasteiger charge is -1.95. The number of hydrogen-bond acceptors (Lipinski definition) is 1. The molecule has 0 heterocycles. The van der Waals surface area contributed by atoms with E-state index in [1.807, 2.05) is 0 Å². The van der Waals surface area contributed by atoms with E-state index in [1.165, 1.54) is 12.1 Å². The van der Waals surface area contributed by atoms with Crippen LogP contribution in [0.1, 0.15) is 5.56 Å². The normalized spacial score (nSPS) is 9.80. The van der Waals surface area contributed by atoms with Crippen molar-refractivity contribution in [2.24, 2.45) is 0 Å². The molecule has 0 N–H and O–H groups in total. The fourth-order valence-corrected chi connectivity index (χ4v) is 0.816. The van der Waals surface area contributed by atoms with Crippen LogP contribution in [0.15, 0.2) is 24.3 Å². The van der Waals surface area contributed by atoms with Gasteiger partial charge in [0.1, 0.15) is 5.82 Å². The van der Waals surface area contributed by atoms with E-state index in [9.17, 15) is 4.39 Å². The maximum atomic E-state index is 12.4. The van der Waals surface area contributed by atoms with E-state index in [4.69, 9.17) is 11.9 Å². The van der Waals surface area contributed by atoms with Gasteiger partial charge in [0, 0.05) is 0 Å². The summed E-state index contributed by atoms with van der Waals surface area (Å²) in [5.74, 6) is -0.272. The van der Waals surface area contributed by atoms with E-state index >= 15 is 0 Å². The molecular weight excluding hydrogens is 155 g/mol. The van der Waals surface area contributed by atoms with Crippen molar-refractivity contribution in [3.63, 3.8) is 0 Å². The third-order valence-electron chi connectivity index (χ3n) is 1.11. The number of hydrogen-bond donors (Lipinski definition) is 0. The summed E-state index contributed by atoms with van der Waals surface area (Å²) in [5.41, 5.74) is 0.731. The Balaban J connectivity index is 2.75. The van der Waals surface area contributed by atoms with Gasteiger partial charge < -0.3 is 0 Å². The molecule has 1 aromatic carbocycles. The van der Waals surface area contributed by atoms with Crippen LogP contribution in [0.2, 0.25) is 0 Å². The summed E-state index contributed by atoms with van der Waals surface area (Å²) in [6.07, 6.45) is 0. The Morgan fingerprint density at radius 3 is 2.90 bits per heavy atom. The van der Waals surface area contributed by atoms with E-state index in [0.29, 0.717) is 0 Å². The Labute approximate surface area is 63.6 Å². The van der Waals surface area contributed by atoms with E-state index in [0.717, 1.165) is 5.56 Å². The molecule has 0 aliphatic heterocycles. The van der Waals surface area contributed by atoms with E-state index in [2.05, 4.69) is 4.29 Å². The zero-order chi connectivity index (χ0) is 7.40. The highest BCUT2D eigenvalue weighted by Gasteiger charge is 1.92. The van der Waals surface area contributed by atoms with Crippen LogP contribution in [0.25, 0.3) is 0 Å². The summed E-state index contributed by atoms with van der Waals surface area (Å²) >= 11 is 4.97. The maximum absolute atomic E-state index is 12.4. The quantitative estimate of drug-likeness (QED) is 0.646. The van der Waals surface area contributed by atoms with Gasteiger partial charge in [0.25, 0.3) is 0 Å². The molecule has 0 atom stereocenters. The van der Waals surface area contributed by atoms with Gasteiger partial charge in [0.05, 0.1) is 18.5 Å². The smallest absolute Gasteiger partial charge is 0.123 e. The van der Waals surface area contributed by atoms with Crippen LogP contribution in [-0.2, 0) is 10.9 Å². The molecule has 0 aromatic heterocycles. The van der Waals surface area contributed by atoms with Crippen molar-refractivity contribution in [1.29, 1.82) is 0 Å². The predicted molar refractivity (Wildman–Crippen MR) is 37.0 cm³/mol. The van der Waals surface area contributed by atoms with Crippen LogP contribution in [-0.4, -0.2) is 0 Å². The maximum Gasteiger partial charge on any atom is 0.123 e. The lowest BCUT2D eigenvalue weighted by molar-refractivity contribution is 0.340. The Hall–Kier alpha value is -0.600. The SMILES string of the molecule is Fc1cccc(COCl)c1. The van der Waals surface area contributed by atoms with Gasteiger partial charge in [0.15, 0.2) is 0 Å². The second-order valence-corrected chi connectivity index (χ2v) is 2.10. The summed E-state index contributed by atoms with van der Waals surface area (Å²) in [6, 6.07) is 6.10. The van der Waals surface area contributed by atoms with Gasteiger partial charge in [0.2, 0.25) is 0 Å². The molecule has 1 nitrogen and oxygen atoms in total. The Kier molecular flexibility index (Phi) is 2.66. The van der Waals surface area contributed by atoms with Crippen molar-refractivity contribution in [3.05, 3.63) is 35.6 Å². The van der Waals surface area contributed by atoms with Gasteiger partial charge in [-0.1, -0.05) is 12.1 Å². The van der Waals surface area contributed by atoms with Crippen molar-refractivity contribution < 1.29 is 8.68 Å². The van der Waals surface area contributed by atoms with E-state index in [-0.39, 0.29) is 12.4 Å². The Bertz CT molecular complexity index is 215. The largest absolute Gasteiger partial charge is 0.274 e. The first-order valence-electron chi connectivity index (χ1n) is 2.81. The molecule has 0 aliphatic rings. The Morgan fingerprint density at radius 1 is 1.50 bits per heavy atom. The first-order valence-corrected chi connectivity index (χ1v) is 3.12. The predicted octanol–water partition coefficient (Wildman–Crippen LogP) is 2.50. The van der Waals surface area contributed by atoms with Crippen LogP contribution in [0.3, 0.4) is 0 Å². The Morgan fingerprint density at radius 2 is 2.30 bits per heavy atom. The summed E-state index contributed by atoms with van der Waals surface area (Å²) in [7, 11) is 0. The average Bonchev–Trinajstić information content (AvgIpc) is 1.88. The molecule has 10 heavy (non-hydrogen) atoms. The van der Waals surface area contributed by atoms with Crippen molar-refractivity contribution in [2.45, 2.75) is 6.61 Å². The molecule has 3 heteroatoms. The lowest BCUT2D eigenvalue weighted by atomic mass is 10.2. The minimum atomic E-state index is -0.272. The summed E-state index contributed by atoms with van der Waals surface area (Å²) < 4.78 is 16.7. The van der Waals surface area contributed by atoms with Gasteiger partial charge in [-0.05, 0) is 17.7 Å². The molecule has 0 spiro atoms. The van der Waals surface area contributed by atoms with E-state index < -0.39 is 0 Å². The highest BCUT2D eigenvalue weighted by molar-refractivity contribution is 6.07. The van der Waals surface area contributed by atoms with Crippen LogP contribution < -0.4 is 0 Å². The van der Waals surface area contributed by atoms with Crippen molar-refractivity contribution >= 4 is 11.9 Å². The van der Waals surface area contributed by atoms with Crippen molar-refractivity contribution in [2.75, 3.05) is 0 Å². The molecule has 0 fully saturated rings. The fraction of sp³-hybridized carbons (Fsp3) is 0.143. The molecule has 0 aliphatic carbocycles. The molecule has 0 bridgehead atoms. The second-order valence-electron chi connectivity index (χ2n) is 1.88. The molecule has 0 amide bonds. The second kappa shape index (κ2) is 3.54. The summed E-state index contributed by atoms with van der Waals surface area (Å²) in [4.78, 5) is 0. The molecule has 54 valence electrons. The third kappa shape index (κ3) is 1.97. The monoisotopic (exact) mass is 160 g/mol. The van der Waals surface area contributed by atoms with E-state index in [1.54, 1.807) is 12.1 Å². The first kappa shape index (κ1) is 7.51. The standard InChI is InChI=1S/C7H6ClFO/c8-10-5-6-2-1-3-7(9)4-6/h1-4H,5H2. The van der Waals surface area contributed by atoms with Gasteiger partial charge >= 0.3 is 0 Å². The van der Waals surface area contributed by atoms with Crippen molar-refractivity contribution in [1.82, 2.24) is 0 Å². The highest BCUT2D eigenvalue weighted by Crippen LogP contribution is 2.05. The number of benzene rings is 1. The average molecular weight is 161 g/mol. The van der Waals surface area contributed by atoms with Crippen LogP contribution in [0.4, 0.5) is 4.39 Å². The van der Waals surface area contributed by atoms with Gasteiger partial charge in [-0.25, -0.2) is 4.39 Å². The van der Waals surface area contributed by atoms with Crippen LogP contribution >= 0.6 is 11.9 Å². The molecule has 1 rings (SSSR count). The molecule has 0 saturated heterocycles. The summed E-state index contributed by atoms with van der Waals surface area (Å²) in [5, 5.41) is 0. The molecule has 0 unspecified atom stereocenters. The number of rotatable bonds is 2. The van der Waals surface area contributed by atoms with Crippen LogP contribution in [0, 0.1) is 5.82 Å². The molecule has 1 aromatic rings. The third-order valence-corrected chi connectivity index (χ3v) is 1.22. The molecular formula is C7H6ClFO. The minimum absolute atomic E-state index is 0.235. The zero-order valence-corrected chi connectivity index (χ0v) is 5.94. The van der Waals surface area contributed by atoms with Crippen LogP contribution in [0.5, 0.6) is 0 Å². The van der Waals surface area contributed by atoms with Gasteiger partial charge in [-0.15, -0.1) is 0 Å². The zero-order valence-electron chi connectivity index (χ0n) is 5.18. The first-order chi connectivity index (χ1) is 4.83. The molecule has 0 saturated carbocycles. The topological polar surface area (TPSA) is 9.23 Å².